The molecular weight excluding hydrogens is 258 g/mol. The second-order valence-corrected chi connectivity index (χ2v) is 6.07. The number of morpholine rings is 1. The molecule has 1 aromatic rings. The van der Waals surface area contributed by atoms with Crippen molar-refractivity contribution in [3.63, 3.8) is 0 Å². The van der Waals surface area contributed by atoms with E-state index >= 15 is 0 Å². The van der Waals surface area contributed by atoms with E-state index in [2.05, 4.69) is 37.8 Å². The summed E-state index contributed by atoms with van der Waals surface area (Å²) in [6.45, 7) is 11.5. The lowest BCUT2D eigenvalue weighted by atomic mass is 9.95. The SMILES string of the molecule is Cc1cc(CCN2CCOCC2)c(Cl)cc1C(C)C. The molecule has 0 aliphatic carbocycles. The monoisotopic (exact) mass is 281 g/mol. The van der Waals surface area contributed by atoms with Crippen LogP contribution in [0.15, 0.2) is 12.1 Å². The summed E-state index contributed by atoms with van der Waals surface area (Å²) in [4.78, 5) is 2.45. The van der Waals surface area contributed by atoms with Gasteiger partial charge in [0.1, 0.15) is 0 Å². The molecule has 0 spiro atoms. The summed E-state index contributed by atoms with van der Waals surface area (Å²) in [6.07, 6.45) is 1.03. The van der Waals surface area contributed by atoms with Crippen LogP contribution in [0.25, 0.3) is 0 Å². The predicted octanol–water partition coefficient (Wildman–Crippen LogP) is 3.65. The van der Waals surface area contributed by atoms with Crippen molar-refractivity contribution in [2.75, 3.05) is 32.8 Å². The van der Waals surface area contributed by atoms with E-state index in [0.717, 1.165) is 44.3 Å². The molecule has 0 radical (unpaired) electrons. The molecule has 1 aliphatic rings. The van der Waals surface area contributed by atoms with Crippen LogP contribution in [0.2, 0.25) is 5.02 Å². The molecule has 1 aliphatic heterocycles. The summed E-state index contributed by atoms with van der Waals surface area (Å²) in [5, 5.41) is 0.919. The van der Waals surface area contributed by atoms with Crippen LogP contribution in [0, 0.1) is 6.92 Å². The number of benzene rings is 1. The summed E-state index contributed by atoms with van der Waals surface area (Å²) in [7, 11) is 0. The van der Waals surface area contributed by atoms with Crippen LogP contribution in [-0.2, 0) is 11.2 Å². The summed E-state index contributed by atoms with van der Waals surface area (Å²) in [5.74, 6) is 0.533. The Morgan fingerprint density at radius 3 is 2.58 bits per heavy atom. The average molecular weight is 282 g/mol. The Morgan fingerprint density at radius 1 is 1.26 bits per heavy atom. The summed E-state index contributed by atoms with van der Waals surface area (Å²) >= 11 is 6.42. The van der Waals surface area contributed by atoms with Crippen molar-refractivity contribution in [1.29, 1.82) is 0 Å². The second kappa shape index (κ2) is 6.74. The molecule has 106 valence electrons. The van der Waals surface area contributed by atoms with Crippen LogP contribution < -0.4 is 0 Å². The van der Waals surface area contributed by atoms with E-state index < -0.39 is 0 Å². The van der Waals surface area contributed by atoms with Crippen LogP contribution >= 0.6 is 11.6 Å². The van der Waals surface area contributed by atoms with Gasteiger partial charge in [-0.25, -0.2) is 0 Å². The van der Waals surface area contributed by atoms with E-state index in [4.69, 9.17) is 16.3 Å². The summed E-state index contributed by atoms with van der Waals surface area (Å²) in [6, 6.07) is 4.41. The van der Waals surface area contributed by atoms with Gasteiger partial charge >= 0.3 is 0 Å². The molecule has 1 heterocycles. The van der Waals surface area contributed by atoms with Crippen LogP contribution in [-0.4, -0.2) is 37.7 Å². The quantitative estimate of drug-likeness (QED) is 0.835. The van der Waals surface area contributed by atoms with Gasteiger partial charge in [-0.15, -0.1) is 0 Å². The molecular formula is C16H24ClNO. The zero-order valence-electron chi connectivity index (χ0n) is 12.2. The zero-order valence-corrected chi connectivity index (χ0v) is 13.0. The van der Waals surface area contributed by atoms with Gasteiger partial charge in [0.2, 0.25) is 0 Å². The second-order valence-electron chi connectivity index (χ2n) is 5.66. The average Bonchev–Trinajstić information content (AvgIpc) is 2.40. The Labute approximate surface area is 121 Å². The largest absolute Gasteiger partial charge is 0.379 e. The highest BCUT2D eigenvalue weighted by Crippen LogP contribution is 2.27. The van der Waals surface area contributed by atoms with Crippen molar-refractivity contribution in [3.8, 4) is 0 Å². The molecule has 0 bridgehead atoms. The number of nitrogens with zero attached hydrogens (tertiary/aromatic N) is 1. The third kappa shape index (κ3) is 3.95. The van der Waals surface area contributed by atoms with Crippen molar-refractivity contribution in [3.05, 3.63) is 33.8 Å². The molecule has 1 saturated heterocycles. The maximum atomic E-state index is 6.42. The fraction of sp³-hybridized carbons (Fsp3) is 0.625. The van der Waals surface area contributed by atoms with Crippen LogP contribution in [0.5, 0.6) is 0 Å². The number of halogens is 1. The normalized spacial score (nSPS) is 17.1. The van der Waals surface area contributed by atoms with Crippen LogP contribution in [0.1, 0.15) is 36.5 Å². The topological polar surface area (TPSA) is 12.5 Å². The van der Waals surface area contributed by atoms with E-state index in [9.17, 15) is 0 Å². The standard InChI is InChI=1S/C16H24ClNO/c1-12(2)15-11-16(17)14(10-13(15)3)4-5-18-6-8-19-9-7-18/h10-12H,4-9H2,1-3H3. The van der Waals surface area contributed by atoms with Crippen molar-refractivity contribution in [1.82, 2.24) is 4.90 Å². The fourth-order valence-corrected chi connectivity index (χ4v) is 2.94. The van der Waals surface area contributed by atoms with Gasteiger partial charge in [-0.1, -0.05) is 31.5 Å². The smallest absolute Gasteiger partial charge is 0.0594 e. The number of ether oxygens (including phenoxy) is 1. The summed E-state index contributed by atoms with van der Waals surface area (Å²) < 4.78 is 5.37. The summed E-state index contributed by atoms with van der Waals surface area (Å²) in [5.41, 5.74) is 3.99. The molecule has 0 saturated carbocycles. The number of aryl methyl sites for hydroxylation is 1. The van der Waals surface area contributed by atoms with E-state index in [-0.39, 0.29) is 0 Å². The Balaban J connectivity index is 2.02. The van der Waals surface area contributed by atoms with E-state index in [1.807, 2.05) is 0 Å². The molecule has 0 aromatic heterocycles. The molecule has 0 unspecified atom stereocenters. The maximum absolute atomic E-state index is 6.42. The lowest BCUT2D eigenvalue weighted by Crippen LogP contribution is -2.37. The minimum absolute atomic E-state index is 0.533. The third-order valence-corrected chi connectivity index (χ3v) is 4.21. The minimum atomic E-state index is 0.533. The van der Waals surface area contributed by atoms with Gasteiger partial charge in [0.25, 0.3) is 0 Å². The van der Waals surface area contributed by atoms with Crippen molar-refractivity contribution >= 4 is 11.6 Å². The zero-order chi connectivity index (χ0) is 13.8. The first-order chi connectivity index (χ1) is 9.08. The lowest BCUT2D eigenvalue weighted by Gasteiger charge is -2.26. The van der Waals surface area contributed by atoms with Crippen molar-refractivity contribution in [2.45, 2.75) is 33.1 Å². The minimum Gasteiger partial charge on any atom is -0.379 e. The molecule has 1 aromatic carbocycles. The molecule has 0 atom stereocenters. The highest BCUT2D eigenvalue weighted by molar-refractivity contribution is 6.31. The number of hydrogen-bond acceptors (Lipinski definition) is 2. The maximum Gasteiger partial charge on any atom is 0.0594 e. The third-order valence-electron chi connectivity index (χ3n) is 3.86. The lowest BCUT2D eigenvalue weighted by molar-refractivity contribution is 0.0384. The fourth-order valence-electron chi connectivity index (χ4n) is 2.67. The predicted molar refractivity (Wildman–Crippen MR) is 81.2 cm³/mol. The number of rotatable bonds is 4. The van der Waals surface area contributed by atoms with Gasteiger partial charge in [-0.3, -0.25) is 4.90 Å². The van der Waals surface area contributed by atoms with Gasteiger partial charge in [0, 0.05) is 24.7 Å². The van der Waals surface area contributed by atoms with E-state index in [0.29, 0.717) is 5.92 Å². The van der Waals surface area contributed by atoms with Crippen molar-refractivity contribution in [2.24, 2.45) is 0 Å². The molecule has 1 fully saturated rings. The van der Waals surface area contributed by atoms with Gasteiger partial charge in [-0.2, -0.15) is 0 Å². The molecule has 0 amide bonds. The van der Waals surface area contributed by atoms with E-state index in [1.165, 1.54) is 16.7 Å². The van der Waals surface area contributed by atoms with Gasteiger partial charge in [-0.05, 0) is 42.0 Å². The van der Waals surface area contributed by atoms with Crippen LogP contribution in [0.4, 0.5) is 0 Å². The first kappa shape index (κ1) is 14.8. The van der Waals surface area contributed by atoms with Crippen LogP contribution in [0.3, 0.4) is 0 Å². The first-order valence-corrected chi connectivity index (χ1v) is 7.54. The molecule has 2 rings (SSSR count). The Kier molecular flexibility index (Phi) is 5.26. The van der Waals surface area contributed by atoms with Gasteiger partial charge < -0.3 is 4.74 Å². The molecule has 2 nitrogen and oxygen atoms in total. The van der Waals surface area contributed by atoms with E-state index in [1.54, 1.807) is 0 Å². The molecule has 3 heteroatoms. The Hall–Kier alpha value is -0.570. The molecule has 19 heavy (non-hydrogen) atoms. The molecule has 0 N–H and O–H groups in total. The van der Waals surface area contributed by atoms with Gasteiger partial charge in [0.05, 0.1) is 13.2 Å². The Morgan fingerprint density at radius 2 is 1.95 bits per heavy atom. The first-order valence-electron chi connectivity index (χ1n) is 7.17. The van der Waals surface area contributed by atoms with Crippen molar-refractivity contribution < 1.29 is 4.74 Å². The Bertz CT molecular complexity index is 425. The van der Waals surface area contributed by atoms with Gasteiger partial charge in [0.15, 0.2) is 0 Å². The highest BCUT2D eigenvalue weighted by atomic mass is 35.5. The number of hydrogen-bond donors (Lipinski definition) is 0. The highest BCUT2D eigenvalue weighted by Gasteiger charge is 2.12.